The second-order valence-corrected chi connectivity index (χ2v) is 5.39. The maximum Gasteiger partial charge on any atom is 0.422 e. The normalized spacial score (nSPS) is 23.0. The highest BCUT2D eigenvalue weighted by atomic mass is 19.4. The van der Waals surface area contributed by atoms with Crippen LogP contribution in [0.5, 0.6) is 5.75 Å². The van der Waals surface area contributed by atoms with Gasteiger partial charge in [-0.2, -0.15) is 13.2 Å². The molecule has 2 atom stereocenters. The quantitative estimate of drug-likeness (QED) is 0.878. The van der Waals surface area contributed by atoms with Crippen molar-refractivity contribution in [2.24, 2.45) is 0 Å². The molecular formula is C15H20F3NO2. The van der Waals surface area contributed by atoms with Crippen LogP contribution in [0, 0.1) is 0 Å². The minimum absolute atomic E-state index is 0.0971. The average molecular weight is 303 g/mol. The molecular weight excluding hydrogens is 283 g/mol. The molecule has 0 aromatic heterocycles. The fraction of sp³-hybridized carbons (Fsp3) is 0.600. The standard InChI is InChI=1S/C15H20F3NO2/c16-15(17,18)10-21-12-7-5-11(6-8-12)9-19-13-3-1-2-4-14(13)20/h5-8,13-14,19-20H,1-4,9-10H2. The third kappa shape index (κ3) is 5.55. The van der Waals surface area contributed by atoms with Gasteiger partial charge in [0.05, 0.1) is 6.10 Å². The molecule has 1 saturated carbocycles. The zero-order chi connectivity index (χ0) is 15.3. The molecule has 1 aromatic rings. The van der Waals surface area contributed by atoms with Crippen LogP contribution in [-0.4, -0.2) is 30.0 Å². The zero-order valence-corrected chi connectivity index (χ0v) is 11.7. The van der Waals surface area contributed by atoms with Crippen LogP contribution in [0.3, 0.4) is 0 Å². The molecule has 0 bridgehead atoms. The van der Waals surface area contributed by atoms with Crippen LogP contribution in [0.4, 0.5) is 13.2 Å². The van der Waals surface area contributed by atoms with E-state index in [0.717, 1.165) is 31.2 Å². The summed E-state index contributed by atoms with van der Waals surface area (Å²) in [5.74, 6) is 0.203. The first-order valence-corrected chi connectivity index (χ1v) is 7.14. The summed E-state index contributed by atoms with van der Waals surface area (Å²) in [4.78, 5) is 0. The van der Waals surface area contributed by atoms with Gasteiger partial charge >= 0.3 is 6.18 Å². The summed E-state index contributed by atoms with van der Waals surface area (Å²) >= 11 is 0. The van der Waals surface area contributed by atoms with Crippen LogP contribution in [0.15, 0.2) is 24.3 Å². The summed E-state index contributed by atoms with van der Waals surface area (Å²) in [6.07, 6.45) is -0.690. The van der Waals surface area contributed by atoms with Gasteiger partial charge in [0.25, 0.3) is 0 Å². The molecule has 0 saturated heterocycles. The van der Waals surface area contributed by atoms with Crippen molar-refractivity contribution in [3.8, 4) is 5.75 Å². The predicted octanol–water partition coefficient (Wildman–Crippen LogP) is 3.02. The molecule has 118 valence electrons. The molecule has 0 amide bonds. The molecule has 3 nitrogen and oxygen atoms in total. The van der Waals surface area contributed by atoms with E-state index in [2.05, 4.69) is 10.1 Å². The van der Waals surface area contributed by atoms with Crippen molar-refractivity contribution < 1.29 is 23.0 Å². The summed E-state index contributed by atoms with van der Waals surface area (Å²) in [6.45, 7) is -0.694. The number of aliphatic hydroxyl groups is 1. The van der Waals surface area contributed by atoms with Gasteiger partial charge < -0.3 is 15.2 Å². The van der Waals surface area contributed by atoms with E-state index < -0.39 is 12.8 Å². The molecule has 2 rings (SSSR count). The van der Waals surface area contributed by atoms with E-state index in [4.69, 9.17) is 0 Å². The Bertz CT molecular complexity index is 434. The number of hydrogen-bond acceptors (Lipinski definition) is 3. The van der Waals surface area contributed by atoms with Gasteiger partial charge in [-0.1, -0.05) is 25.0 Å². The highest BCUT2D eigenvalue weighted by molar-refractivity contribution is 5.27. The second-order valence-electron chi connectivity index (χ2n) is 5.39. The molecule has 0 spiro atoms. The third-order valence-corrected chi connectivity index (χ3v) is 3.62. The summed E-state index contributed by atoms with van der Waals surface area (Å²) in [5.41, 5.74) is 0.951. The zero-order valence-electron chi connectivity index (χ0n) is 11.7. The Morgan fingerprint density at radius 3 is 2.43 bits per heavy atom. The van der Waals surface area contributed by atoms with Gasteiger partial charge in [-0.3, -0.25) is 0 Å². The molecule has 0 radical (unpaired) electrons. The van der Waals surface area contributed by atoms with Crippen LogP contribution in [0.1, 0.15) is 31.2 Å². The van der Waals surface area contributed by atoms with Crippen LogP contribution in [0.2, 0.25) is 0 Å². The van der Waals surface area contributed by atoms with Crippen molar-refractivity contribution in [2.45, 2.75) is 50.6 Å². The van der Waals surface area contributed by atoms with E-state index in [1.54, 1.807) is 12.1 Å². The number of halogens is 3. The number of ether oxygens (including phenoxy) is 1. The molecule has 21 heavy (non-hydrogen) atoms. The van der Waals surface area contributed by atoms with E-state index in [1.807, 2.05) is 0 Å². The Hall–Kier alpha value is -1.27. The van der Waals surface area contributed by atoms with Crippen molar-refractivity contribution >= 4 is 0 Å². The molecule has 1 aromatic carbocycles. The van der Waals surface area contributed by atoms with Crippen LogP contribution in [-0.2, 0) is 6.54 Å². The lowest BCUT2D eigenvalue weighted by Crippen LogP contribution is -2.41. The summed E-state index contributed by atoms with van der Waals surface area (Å²) < 4.78 is 40.7. The second kappa shape index (κ2) is 7.13. The molecule has 1 aliphatic carbocycles. The van der Waals surface area contributed by atoms with Crippen molar-refractivity contribution in [1.29, 1.82) is 0 Å². The lowest BCUT2D eigenvalue weighted by atomic mass is 9.92. The molecule has 6 heteroatoms. The number of benzene rings is 1. The highest BCUT2D eigenvalue weighted by Crippen LogP contribution is 2.20. The topological polar surface area (TPSA) is 41.5 Å². The minimum atomic E-state index is -4.32. The Morgan fingerprint density at radius 2 is 1.81 bits per heavy atom. The fourth-order valence-corrected chi connectivity index (χ4v) is 2.47. The Labute approximate surface area is 122 Å². The number of aliphatic hydroxyl groups excluding tert-OH is 1. The van der Waals surface area contributed by atoms with Crippen molar-refractivity contribution in [3.63, 3.8) is 0 Å². The molecule has 2 N–H and O–H groups in total. The van der Waals surface area contributed by atoms with E-state index in [1.165, 1.54) is 12.1 Å². The van der Waals surface area contributed by atoms with E-state index in [0.29, 0.717) is 6.54 Å². The number of hydrogen-bond donors (Lipinski definition) is 2. The van der Waals surface area contributed by atoms with Gasteiger partial charge in [0.1, 0.15) is 5.75 Å². The average Bonchev–Trinajstić information content (AvgIpc) is 2.45. The van der Waals surface area contributed by atoms with Crippen molar-refractivity contribution in [1.82, 2.24) is 5.32 Å². The number of rotatable bonds is 5. The van der Waals surface area contributed by atoms with Crippen LogP contribution in [0.25, 0.3) is 0 Å². The summed E-state index contributed by atoms with van der Waals surface area (Å²) in [6, 6.07) is 6.61. The van der Waals surface area contributed by atoms with Gasteiger partial charge in [-0.15, -0.1) is 0 Å². The van der Waals surface area contributed by atoms with Crippen molar-refractivity contribution in [2.75, 3.05) is 6.61 Å². The highest BCUT2D eigenvalue weighted by Gasteiger charge is 2.28. The fourth-order valence-electron chi connectivity index (χ4n) is 2.47. The molecule has 0 heterocycles. The molecule has 1 fully saturated rings. The first kappa shape index (κ1) is 16.1. The maximum atomic E-state index is 12.0. The maximum absolute atomic E-state index is 12.0. The van der Waals surface area contributed by atoms with Crippen LogP contribution < -0.4 is 10.1 Å². The van der Waals surface area contributed by atoms with Gasteiger partial charge in [-0.25, -0.2) is 0 Å². The van der Waals surface area contributed by atoms with E-state index in [9.17, 15) is 18.3 Å². The van der Waals surface area contributed by atoms with Gasteiger partial charge in [-0.05, 0) is 30.5 Å². The lowest BCUT2D eigenvalue weighted by molar-refractivity contribution is -0.153. The van der Waals surface area contributed by atoms with Gasteiger partial charge in [0, 0.05) is 12.6 Å². The van der Waals surface area contributed by atoms with Gasteiger partial charge in [0.2, 0.25) is 0 Å². The van der Waals surface area contributed by atoms with Gasteiger partial charge in [0.15, 0.2) is 6.61 Å². The first-order chi connectivity index (χ1) is 9.94. The SMILES string of the molecule is OC1CCCCC1NCc1ccc(OCC(F)(F)F)cc1. The smallest absolute Gasteiger partial charge is 0.422 e. The summed E-state index contributed by atoms with van der Waals surface area (Å²) in [7, 11) is 0. The van der Waals surface area contributed by atoms with Crippen LogP contribution >= 0.6 is 0 Å². The lowest BCUT2D eigenvalue weighted by Gasteiger charge is -2.28. The molecule has 0 aliphatic heterocycles. The summed E-state index contributed by atoms with van der Waals surface area (Å²) in [5, 5.41) is 13.1. The Kier molecular flexibility index (Phi) is 5.47. The number of alkyl halides is 3. The monoisotopic (exact) mass is 303 g/mol. The third-order valence-electron chi connectivity index (χ3n) is 3.62. The Morgan fingerprint density at radius 1 is 1.14 bits per heavy atom. The number of nitrogens with one attached hydrogen (secondary N) is 1. The van der Waals surface area contributed by atoms with E-state index >= 15 is 0 Å². The predicted molar refractivity (Wildman–Crippen MR) is 73.1 cm³/mol. The molecule has 1 aliphatic rings. The first-order valence-electron chi connectivity index (χ1n) is 7.14. The van der Waals surface area contributed by atoms with Crippen molar-refractivity contribution in [3.05, 3.63) is 29.8 Å². The Balaban J connectivity index is 1.79. The minimum Gasteiger partial charge on any atom is -0.484 e. The largest absolute Gasteiger partial charge is 0.484 e. The van der Waals surface area contributed by atoms with E-state index in [-0.39, 0.29) is 17.9 Å². The molecule has 2 unspecified atom stereocenters.